The van der Waals surface area contributed by atoms with Gasteiger partial charge >= 0.3 is 0 Å². The van der Waals surface area contributed by atoms with Gasteiger partial charge in [-0.1, -0.05) is 13.3 Å². The maximum atomic E-state index is 8.93. The van der Waals surface area contributed by atoms with Crippen molar-refractivity contribution < 1.29 is 19.7 Å². The number of ether oxygens (including phenoxy) is 2. The van der Waals surface area contributed by atoms with Crippen molar-refractivity contribution in [3.05, 3.63) is 0 Å². The zero-order valence-corrected chi connectivity index (χ0v) is 8.69. The Bertz CT molecular complexity index is 139. The molecular weight excluding hydrogens is 184 g/mol. The van der Waals surface area contributed by atoms with Crippen molar-refractivity contribution in [3.8, 4) is 0 Å². The first kappa shape index (κ1) is 11.9. The lowest BCUT2D eigenvalue weighted by molar-refractivity contribution is -0.234. The molecule has 84 valence electrons. The summed E-state index contributed by atoms with van der Waals surface area (Å²) in [4.78, 5) is 0. The number of hydrogen-bond donors (Lipinski definition) is 2. The maximum Gasteiger partial charge on any atom is 0.164 e. The molecule has 2 N–H and O–H groups in total. The fraction of sp³-hybridized carbons (Fsp3) is 1.00. The summed E-state index contributed by atoms with van der Waals surface area (Å²) in [6.07, 6.45) is 1.80. The van der Waals surface area contributed by atoms with Crippen LogP contribution in [-0.2, 0) is 9.47 Å². The van der Waals surface area contributed by atoms with Gasteiger partial charge in [0, 0.05) is 5.92 Å². The molecule has 0 bridgehead atoms. The third-order valence-electron chi connectivity index (χ3n) is 2.54. The maximum absolute atomic E-state index is 8.93. The van der Waals surface area contributed by atoms with Crippen molar-refractivity contribution in [2.75, 3.05) is 26.4 Å². The Balaban J connectivity index is 2.27. The SMILES string of the molecule is CCCC1COC(C(CO)CO)OC1. The molecule has 0 radical (unpaired) electrons. The van der Waals surface area contributed by atoms with Crippen LogP contribution in [0.1, 0.15) is 19.8 Å². The number of aliphatic hydroxyl groups excluding tert-OH is 2. The lowest BCUT2D eigenvalue weighted by Gasteiger charge is -2.32. The highest BCUT2D eigenvalue weighted by Crippen LogP contribution is 2.20. The van der Waals surface area contributed by atoms with Crippen molar-refractivity contribution >= 4 is 0 Å². The first-order chi connectivity index (χ1) is 6.81. The number of rotatable bonds is 5. The second-order valence-corrected chi connectivity index (χ2v) is 3.81. The topological polar surface area (TPSA) is 58.9 Å². The molecule has 0 aliphatic carbocycles. The first-order valence-corrected chi connectivity index (χ1v) is 5.26. The Morgan fingerprint density at radius 3 is 2.21 bits per heavy atom. The van der Waals surface area contributed by atoms with Gasteiger partial charge in [0.25, 0.3) is 0 Å². The van der Waals surface area contributed by atoms with Crippen LogP contribution in [0, 0.1) is 11.8 Å². The van der Waals surface area contributed by atoms with Gasteiger partial charge in [0.15, 0.2) is 6.29 Å². The molecule has 0 aromatic carbocycles. The van der Waals surface area contributed by atoms with Gasteiger partial charge in [-0.25, -0.2) is 0 Å². The second-order valence-electron chi connectivity index (χ2n) is 3.81. The minimum absolute atomic E-state index is 0.0976. The number of aliphatic hydroxyl groups is 2. The molecular formula is C10H20O4. The van der Waals surface area contributed by atoms with Gasteiger partial charge in [0.05, 0.1) is 32.3 Å². The molecule has 1 aliphatic heterocycles. The van der Waals surface area contributed by atoms with E-state index in [1.54, 1.807) is 0 Å². The largest absolute Gasteiger partial charge is 0.396 e. The lowest BCUT2D eigenvalue weighted by atomic mass is 10.0. The van der Waals surface area contributed by atoms with E-state index in [9.17, 15) is 0 Å². The molecule has 14 heavy (non-hydrogen) atoms. The minimum Gasteiger partial charge on any atom is -0.396 e. The Labute approximate surface area is 84.8 Å². The van der Waals surface area contributed by atoms with Crippen LogP contribution >= 0.6 is 0 Å². The van der Waals surface area contributed by atoms with E-state index < -0.39 is 6.29 Å². The zero-order valence-electron chi connectivity index (χ0n) is 8.69. The summed E-state index contributed by atoms with van der Waals surface area (Å²) < 4.78 is 10.9. The fourth-order valence-corrected chi connectivity index (χ4v) is 1.64. The van der Waals surface area contributed by atoms with E-state index in [1.165, 1.54) is 0 Å². The van der Waals surface area contributed by atoms with E-state index in [-0.39, 0.29) is 19.1 Å². The summed E-state index contributed by atoms with van der Waals surface area (Å²) in [6.45, 7) is 3.29. The number of hydrogen-bond acceptors (Lipinski definition) is 4. The highest BCUT2D eigenvalue weighted by Gasteiger charge is 2.27. The molecule has 4 nitrogen and oxygen atoms in total. The first-order valence-electron chi connectivity index (χ1n) is 5.26. The molecule has 4 heteroatoms. The average Bonchev–Trinajstić information content (AvgIpc) is 2.23. The molecule has 0 spiro atoms. The second kappa shape index (κ2) is 6.35. The van der Waals surface area contributed by atoms with Crippen LogP contribution in [0.15, 0.2) is 0 Å². The van der Waals surface area contributed by atoms with Gasteiger partial charge in [-0.05, 0) is 6.42 Å². The van der Waals surface area contributed by atoms with Gasteiger partial charge in [0.2, 0.25) is 0 Å². The Morgan fingerprint density at radius 1 is 1.21 bits per heavy atom. The van der Waals surface area contributed by atoms with Crippen molar-refractivity contribution in [2.45, 2.75) is 26.1 Å². The van der Waals surface area contributed by atoms with Gasteiger partial charge in [-0.15, -0.1) is 0 Å². The van der Waals surface area contributed by atoms with Crippen molar-refractivity contribution in [1.29, 1.82) is 0 Å². The molecule has 0 saturated carbocycles. The quantitative estimate of drug-likeness (QED) is 0.679. The average molecular weight is 204 g/mol. The predicted molar refractivity (Wildman–Crippen MR) is 51.8 cm³/mol. The molecule has 1 fully saturated rings. The van der Waals surface area contributed by atoms with Crippen LogP contribution in [0.3, 0.4) is 0 Å². The monoisotopic (exact) mass is 204 g/mol. The van der Waals surface area contributed by atoms with Crippen molar-refractivity contribution in [2.24, 2.45) is 11.8 Å². The zero-order chi connectivity index (χ0) is 10.4. The normalized spacial score (nSPS) is 28.3. The Kier molecular flexibility index (Phi) is 5.40. The summed E-state index contributed by atoms with van der Waals surface area (Å²) in [5, 5.41) is 17.9. The summed E-state index contributed by atoms with van der Waals surface area (Å²) >= 11 is 0. The molecule has 1 rings (SSSR count). The van der Waals surface area contributed by atoms with Gasteiger partial charge in [-0.3, -0.25) is 0 Å². The minimum atomic E-state index is -0.432. The van der Waals surface area contributed by atoms with Crippen LogP contribution in [0.25, 0.3) is 0 Å². The molecule has 0 unspecified atom stereocenters. The predicted octanol–water partition coefficient (Wildman–Crippen LogP) is 0.376. The summed E-state index contributed by atoms with van der Waals surface area (Å²) in [5.74, 6) is 0.159. The van der Waals surface area contributed by atoms with E-state index in [1.807, 2.05) is 0 Å². The molecule has 1 heterocycles. The Morgan fingerprint density at radius 2 is 1.79 bits per heavy atom. The summed E-state index contributed by atoms with van der Waals surface area (Å²) in [6, 6.07) is 0. The molecule has 0 aromatic heterocycles. The van der Waals surface area contributed by atoms with Crippen LogP contribution < -0.4 is 0 Å². The molecule has 1 saturated heterocycles. The van der Waals surface area contributed by atoms with Crippen LogP contribution in [0.5, 0.6) is 0 Å². The van der Waals surface area contributed by atoms with Crippen LogP contribution in [0.4, 0.5) is 0 Å². The van der Waals surface area contributed by atoms with E-state index in [4.69, 9.17) is 19.7 Å². The fourth-order valence-electron chi connectivity index (χ4n) is 1.64. The van der Waals surface area contributed by atoms with Gasteiger partial charge in [0.1, 0.15) is 0 Å². The van der Waals surface area contributed by atoms with E-state index in [0.29, 0.717) is 19.1 Å². The van der Waals surface area contributed by atoms with Gasteiger partial charge in [-0.2, -0.15) is 0 Å². The van der Waals surface area contributed by atoms with E-state index in [0.717, 1.165) is 12.8 Å². The van der Waals surface area contributed by atoms with Gasteiger partial charge < -0.3 is 19.7 Å². The molecule has 0 atom stereocenters. The van der Waals surface area contributed by atoms with E-state index >= 15 is 0 Å². The smallest absolute Gasteiger partial charge is 0.164 e. The molecule has 0 aromatic rings. The highest BCUT2D eigenvalue weighted by molar-refractivity contribution is 4.68. The standard InChI is InChI=1S/C10H20O4/c1-2-3-8-6-13-10(14-7-8)9(4-11)5-12/h8-12H,2-7H2,1H3. The summed E-state index contributed by atoms with van der Waals surface area (Å²) in [7, 11) is 0. The lowest BCUT2D eigenvalue weighted by Crippen LogP contribution is -2.39. The Hall–Kier alpha value is -0.160. The van der Waals surface area contributed by atoms with E-state index in [2.05, 4.69) is 6.92 Å². The third kappa shape index (κ3) is 3.20. The van der Waals surface area contributed by atoms with Crippen molar-refractivity contribution in [1.82, 2.24) is 0 Å². The third-order valence-corrected chi connectivity index (χ3v) is 2.54. The molecule has 0 amide bonds. The highest BCUT2D eigenvalue weighted by atomic mass is 16.7. The summed E-state index contributed by atoms with van der Waals surface area (Å²) in [5.41, 5.74) is 0. The van der Waals surface area contributed by atoms with Crippen LogP contribution in [0.2, 0.25) is 0 Å². The molecule has 1 aliphatic rings. The van der Waals surface area contributed by atoms with Crippen LogP contribution in [-0.4, -0.2) is 42.9 Å². The van der Waals surface area contributed by atoms with Crippen molar-refractivity contribution in [3.63, 3.8) is 0 Å².